The van der Waals surface area contributed by atoms with Crippen LogP contribution in [-0.4, -0.2) is 24.2 Å². The molecule has 1 rings (SSSR count). The Bertz CT molecular complexity index is 325. The van der Waals surface area contributed by atoms with Crippen molar-refractivity contribution in [1.82, 2.24) is 4.98 Å². The molecule has 1 aromatic heterocycles. The second-order valence-electron chi connectivity index (χ2n) is 2.87. The van der Waals surface area contributed by atoms with Crippen molar-refractivity contribution in [1.29, 1.82) is 0 Å². The zero-order valence-corrected chi connectivity index (χ0v) is 8.48. The fourth-order valence-corrected chi connectivity index (χ4v) is 0.999. The number of aromatic nitrogens is 1. The summed E-state index contributed by atoms with van der Waals surface area (Å²) in [7, 11) is 1.33. The fraction of sp³-hybridized carbons (Fsp3) is 0.400. The molecule has 0 aliphatic heterocycles. The minimum Gasteiger partial charge on any atom is -0.477 e. The van der Waals surface area contributed by atoms with Gasteiger partial charge in [-0.2, -0.15) is 0 Å². The molecule has 0 spiro atoms. The predicted octanol–water partition coefficient (Wildman–Crippen LogP) is 1.33. The van der Waals surface area contributed by atoms with Crippen molar-refractivity contribution in [2.45, 2.75) is 20.0 Å². The first-order chi connectivity index (χ1) is 6.65. The lowest BCUT2D eigenvalue weighted by Gasteiger charge is -2.13. The van der Waals surface area contributed by atoms with Crippen molar-refractivity contribution in [3.63, 3.8) is 0 Å². The highest BCUT2D eigenvalue weighted by atomic mass is 16.6. The molecular formula is C10H13NO3. The Balaban J connectivity index is 2.69. The number of hydrogen-bond acceptors (Lipinski definition) is 4. The van der Waals surface area contributed by atoms with Crippen LogP contribution < -0.4 is 4.74 Å². The average Bonchev–Trinajstić information content (AvgIpc) is 2.20. The summed E-state index contributed by atoms with van der Waals surface area (Å²) in [6.45, 7) is 3.46. The first-order valence-corrected chi connectivity index (χ1v) is 4.31. The van der Waals surface area contributed by atoms with Gasteiger partial charge in [0.1, 0.15) is 5.75 Å². The Kier molecular flexibility index (Phi) is 3.45. The summed E-state index contributed by atoms with van der Waals surface area (Å²) in [6, 6.07) is 3.52. The monoisotopic (exact) mass is 195 g/mol. The van der Waals surface area contributed by atoms with E-state index >= 15 is 0 Å². The molecule has 0 aromatic carbocycles. The molecule has 4 nitrogen and oxygen atoms in total. The Labute approximate surface area is 82.9 Å². The molecule has 0 aliphatic carbocycles. The minimum absolute atomic E-state index is 0.395. The van der Waals surface area contributed by atoms with E-state index in [1.54, 1.807) is 25.3 Å². The van der Waals surface area contributed by atoms with Crippen molar-refractivity contribution in [2.24, 2.45) is 0 Å². The molecule has 1 unspecified atom stereocenters. The number of carbonyl (C=O) groups is 1. The van der Waals surface area contributed by atoms with Crippen LogP contribution in [0.1, 0.15) is 12.6 Å². The summed E-state index contributed by atoms with van der Waals surface area (Å²) in [5.74, 6) is 0.207. The van der Waals surface area contributed by atoms with Crippen LogP contribution in [-0.2, 0) is 9.53 Å². The number of hydrogen-bond donors (Lipinski definition) is 0. The molecule has 4 heteroatoms. The van der Waals surface area contributed by atoms with Gasteiger partial charge >= 0.3 is 5.97 Å². The van der Waals surface area contributed by atoms with E-state index in [1.807, 2.05) is 6.92 Å². The molecule has 0 aliphatic rings. The molecule has 76 valence electrons. The van der Waals surface area contributed by atoms with Crippen LogP contribution in [0, 0.1) is 6.92 Å². The second kappa shape index (κ2) is 4.60. The summed E-state index contributed by atoms with van der Waals surface area (Å²) < 4.78 is 9.90. The molecule has 0 radical (unpaired) electrons. The number of pyridine rings is 1. The van der Waals surface area contributed by atoms with E-state index < -0.39 is 12.1 Å². The van der Waals surface area contributed by atoms with Crippen LogP contribution in [0.4, 0.5) is 0 Å². The topological polar surface area (TPSA) is 48.4 Å². The van der Waals surface area contributed by atoms with Crippen molar-refractivity contribution < 1.29 is 14.3 Å². The molecule has 0 N–H and O–H groups in total. The van der Waals surface area contributed by atoms with Gasteiger partial charge in [0.15, 0.2) is 6.10 Å². The molecule has 14 heavy (non-hydrogen) atoms. The summed E-state index contributed by atoms with van der Waals surface area (Å²) in [4.78, 5) is 15.1. The van der Waals surface area contributed by atoms with Gasteiger partial charge in [0.2, 0.25) is 0 Å². The molecule has 1 aromatic rings. The van der Waals surface area contributed by atoms with E-state index in [2.05, 4.69) is 9.72 Å². The average molecular weight is 195 g/mol. The zero-order valence-electron chi connectivity index (χ0n) is 8.48. The van der Waals surface area contributed by atoms with Crippen molar-refractivity contribution in [3.05, 3.63) is 24.0 Å². The van der Waals surface area contributed by atoms with Gasteiger partial charge in [0, 0.05) is 6.20 Å². The number of ether oxygens (including phenoxy) is 2. The minimum atomic E-state index is -0.608. The Morgan fingerprint density at radius 2 is 2.29 bits per heavy atom. The predicted molar refractivity (Wildman–Crippen MR) is 51.1 cm³/mol. The van der Waals surface area contributed by atoms with E-state index in [0.29, 0.717) is 5.75 Å². The van der Waals surface area contributed by atoms with Gasteiger partial charge in [0.25, 0.3) is 0 Å². The highest BCUT2D eigenvalue weighted by Crippen LogP contribution is 2.15. The van der Waals surface area contributed by atoms with E-state index in [1.165, 1.54) is 7.11 Å². The highest BCUT2D eigenvalue weighted by Gasteiger charge is 2.15. The lowest BCUT2D eigenvalue weighted by molar-refractivity contribution is -0.147. The normalized spacial score (nSPS) is 11.9. The van der Waals surface area contributed by atoms with E-state index in [-0.39, 0.29) is 0 Å². The number of nitrogens with zero attached hydrogens (tertiary/aromatic N) is 1. The smallest absolute Gasteiger partial charge is 0.346 e. The summed E-state index contributed by atoms with van der Waals surface area (Å²) >= 11 is 0. The number of rotatable bonds is 3. The number of methoxy groups -OCH3 is 1. The Hall–Kier alpha value is -1.58. The summed E-state index contributed by atoms with van der Waals surface area (Å²) in [6.07, 6.45) is 1.06. The largest absolute Gasteiger partial charge is 0.477 e. The molecule has 0 saturated heterocycles. The van der Waals surface area contributed by atoms with Crippen molar-refractivity contribution >= 4 is 5.97 Å². The molecular weight excluding hydrogens is 182 g/mol. The number of carbonyl (C=O) groups excluding carboxylic acids is 1. The van der Waals surface area contributed by atoms with Crippen molar-refractivity contribution in [3.8, 4) is 5.75 Å². The molecule has 0 saturated carbocycles. The maximum atomic E-state index is 11.1. The van der Waals surface area contributed by atoms with Gasteiger partial charge in [-0.3, -0.25) is 4.98 Å². The highest BCUT2D eigenvalue weighted by molar-refractivity contribution is 5.74. The third kappa shape index (κ3) is 2.45. The van der Waals surface area contributed by atoms with Gasteiger partial charge in [-0.1, -0.05) is 0 Å². The van der Waals surface area contributed by atoms with Crippen LogP contribution in [0.5, 0.6) is 5.75 Å². The van der Waals surface area contributed by atoms with E-state index in [4.69, 9.17) is 4.74 Å². The Morgan fingerprint density at radius 3 is 2.86 bits per heavy atom. The summed E-state index contributed by atoms with van der Waals surface area (Å²) in [5.41, 5.74) is 0.753. The van der Waals surface area contributed by atoms with Gasteiger partial charge in [-0.15, -0.1) is 0 Å². The van der Waals surface area contributed by atoms with E-state index in [9.17, 15) is 4.79 Å². The second-order valence-corrected chi connectivity index (χ2v) is 2.87. The number of aryl methyl sites for hydroxylation is 1. The fourth-order valence-electron chi connectivity index (χ4n) is 0.999. The third-order valence-electron chi connectivity index (χ3n) is 1.80. The lowest BCUT2D eigenvalue weighted by Crippen LogP contribution is -2.25. The first-order valence-electron chi connectivity index (χ1n) is 4.31. The molecule has 1 atom stereocenters. The quantitative estimate of drug-likeness (QED) is 0.683. The van der Waals surface area contributed by atoms with Crippen LogP contribution in [0.15, 0.2) is 18.3 Å². The SMILES string of the molecule is COC(=O)C(C)Oc1cccnc1C. The number of esters is 1. The van der Waals surface area contributed by atoms with Gasteiger partial charge < -0.3 is 9.47 Å². The van der Waals surface area contributed by atoms with Gasteiger partial charge in [-0.05, 0) is 26.0 Å². The maximum Gasteiger partial charge on any atom is 0.346 e. The first kappa shape index (κ1) is 10.5. The lowest BCUT2D eigenvalue weighted by atomic mass is 10.3. The third-order valence-corrected chi connectivity index (χ3v) is 1.80. The zero-order chi connectivity index (χ0) is 10.6. The molecule has 0 amide bonds. The van der Waals surface area contributed by atoms with Crippen LogP contribution in [0.25, 0.3) is 0 Å². The summed E-state index contributed by atoms with van der Waals surface area (Å²) in [5, 5.41) is 0. The van der Waals surface area contributed by atoms with Crippen LogP contribution in [0.3, 0.4) is 0 Å². The van der Waals surface area contributed by atoms with Gasteiger partial charge in [0.05, 0.1) is 12.8 Å². The van der Waals surface area contributed by atoms with Crippen LogP contribution >= 0.6 is 0 Å². The standard InChI is InChI=1S/C10H13NO3/c1-7-9(5-4-6-11-7)14-8(2)10(12)13-3/h4-6,8H,1-3H3. The van der Waals surface area contributed by atoms with Crippen LogP contribution in [0.2, 0.25) is 0 Å². The molecule has 1 heterocycles. The Morgan fingerprint density at radius 1 is 1.57 bits per heavy atom. The van der Waals surface area contributed by atoms with E-state index in [0.717, 1.165) is 5.69 Å². The van der Waals surface area contributed by atoms with Crippen molar-refractivity contribution in [2.75, 3.05) is 7.11 Å². The van der Waals surface area contributed by atoms with Gasteiger partial charge in [-0.25, -0.2) is 4.79 Å². The molecule has 0 bridgehead atoms. The molecule has 0 fully saturated rings. The maximum absolute atomic E-state index is 11.1.